The number of aliphatic hydroxyl groups is 3. The lowest BCUT2D eigenvalue weighted by molar-refractivity contribution is -0.285. The van der Waals surface area contributed by atoms with Crippen molar-refractivity contribution in [1.29, 1.82) is 0 Å². The van der Waals surface area contributed by atoms with Gasteiger partial charge in [-0.1, -0.05) is 0 Å². The monoisotopic (exact) mass is 784 g/mol. The molecule has 5 atom stereocenters. The summed E-state index contributed by atoms with van der Waals surface area (Å²) < 4.78 is 31.4. The molecule has 1 aliphatic rings. The van der Waals surface area contributed by atoms with Crippen LogP contribution in [0.4, 0.5) is 0 Å². The van der Waals surface area contributed by atoms with E-state index in [0.717, 1.165) is 12.1 Å². The highest BCUT2D eigenvalue weighted by molar-refractivity contribution is 6.22. The summed E-state index contributed by atoms with van der Waals surface area (Å²) in [5, 5.41) is 122. The van der Waals surface area contributed by atoms with Gasteiger partial charge in [0.2, 0.25) is 23.0 Å². The number of phenolic OH excluding ortho intramolecular Hbond substituents is 9. The molecule has 12 N–H and O–H groups in total. The second-order valence-electron chi connectivity index (χ2n) is 12.2. The largest absolute Gasteiger partial charge is 0.504 e. The molecule has 0 spiro atoms. The number of hydrogen-bond acceptors (Lipinski definition) is 22. The molecule has 4 aromatic carbocycles. The van der Waals surface area contributed by atoms with E-state index in [4.69, 9.17) is 27.8 Å². The Morgan fingerprint density at radius 2 is 1.16 bits per heavy atom. The van der Waals surface area contributed by atoms with Crippen molar-refractivity contribution in [2.75, 3.05) is 6.61 Å². The van der Waals surface area contributed by atoms with Crippen molar-refractivity contribution in [2.24, 2.45) is 0 Å². The first-order valence-electron chi connectivity index (χ1n) is 15.6. The predicted molar refractivity (Wildman–Crippen MR) is 178 cm³/mol. The molecule has 22 heteroatoms. The molecule has 7 rings (SSSR count). The number of ether oxygens (including phenoxy) is 4. The van der Waals surface area contributed by atoms with E-state index in [9.17, 15) is 80.5 Å². The topological polar surface area (TPSA) is 374 Å². The summed E-state index contributed by atoms with van der Waals surface area (Å²) in [7, 11) is 0. The van der Waals surface area contributed by atoms with Crippen molar-refractivity contribution < 1.29 is 98.6 Å². The van der Waals surface area contributed by atoms with Gasteiger partial charge in [0.1, 0.15) is 17.8 Å². The Kier molecular flexibility index (Phi) is 8.69. The first kappa shape index (κ1) is 36.9. The van der Waals surface area contributed by atoms with Gasteiger partial charge in [-0.15, -0.1) is 0 Å². The standard InChI is InChI=1S/C34H24O22/c35-6-16-23(44)28(55-30(46)7-1-11(36)19(40)12(37)2-7)29(34(50)52-16)56-33(49)10-4-13(38)20(41)24(45)25(10)51-15-5-9-18-17-8(31(47)54-27(18)22(15)43)3-14(39)21(42)26(17)53-32(9)48/h1-5,16,23,28-29,34-45,50H,6H2/t16-,23-,28+,29-,34-/m1/s1. The number of carbonyl (C=O) groups is 2. The average molecular weight is 785 g/mol. The SMILES string of the molecule is O=C(O[C@H]1[C@H](O)[C@@H](CO)O[C@@H](O)[C@@H]1OC(=O)c1cc(O)c(O)c(O)c1Oc1cc2c(=O)oc3c(O)c(O)cc4c(=O)oc(c1O)c2c34)c1cc(O)c(O)c(O)c1. The number of benzene rings is 4. The quantitative estimate of drug-likeness (QED) is 0.0452. The van der Waals surface area contributed by atoms with Gasteiger partial charge in [0.05, 0.1) is 22.9 Å². The Morgan fingerprint density at radius 1 is 0.625 bits per heavy atom. The molecule has 292 valence electrons. The molecule has 22 nitrogen and oxygen atoms in total. The second-order valence-corrected chi connectivity index (χ2v) is 12.2. The van der Waals surface area contributed by atoms with Gasteiger partial charge in [-0.2, -0.15) is 0 Å². The molecule has 3 heterocycles. The van der Waals surface area contributed by atoms with E-state index in [1.54, 1.807) is 0 Å². The molecule has 0 amide bonds. The molecule has 0 bridgehead atoms. The molecular weight excluding hydrogens is 760 g/mol. The van der Waals surface area contributed by atoms with Gasteiger partial charge in [-0.05, 0) is 18.2 Å². The smallest absolute Gasteiger partial charge is 0.344 e. The summed E-state index contributed by atoms with van der Waals surface area (Å²) in [6.07, 6.45) is -10.4. The third kappa shape index (κ3) is 5.68. The van der Waals surface area contributed by atoms with Gasteiger partial charge in [-0.25, -0.2) is 19.2 Å². The summed E-state index contributed by atoms with van der Waals surface area (Å²) in [6.45, 7) is -0.989. The maximum atomic E-state index is 13.7. The second kappa shape index (κ2) is 13.2. The number of esters is 2. The van der Waals surface area contributed by atoms with Crippen LogP contribution in [0.25, 0.3) is 32.7 Å². The lowest BCUT2D eigenvalue weighted by Crippen LogP contribution is -2.61. The summed E-state index contributed by atoms with van der Waals surface area (Å²) in [5.74, 6) is -14.9. The molecular formula is C34H24O22. The van der Waals surface area contributed by atoms with Crippen molar-refractivity contribution >= 4 is 44.6 Å². The third-order valence-corrected chi connectivity index (χ3v) is 8.78. The van der Waals surface area contributed by atoms with Gasteiger partial charge in [0, 0.05) is 22.9 Å². The lowest BCUT2D eigenvalue weighted by atomic mass is 9.98. The number of phenols is 9. The average Bonchev–Trinajstić information content (AvgIpc) is 3.15. The molecule has 0 saturated carbocycles. The van der Waals surface area contributed by atoms with Gasteiger partial charge in [0.25, 0.3) is 0 Å². The van der Waals surface area contributed by atoms with Gasteiger partial charge in [0.15, 0.2) is 69.9 Å². The van der Waals surface area contributed by atoms with Crippen molar-refractivity contribution in [3.63, 3.8) is 0 Å². The van der Waals surface area contributed by atoms with Crippen LogP contribution in [0.3, 0.4) is 0 Å². The highest BCUT2D eigenvalue weighted by atomic mass is 16.7. The fourth-order valence-electron chi connectivity index (χ4n) is 6.06. The number of rotatable bonds is 7. The Bertz CT molecular complexity index is 2710. The van der Waals surface area contributed by atoms with E-state index in [-0.39, 0.29) is 16.2 Å². The Balaban J connectivity index is 1.29. The fraction of sp³-hybridized carbons (Fsp3) is 0.176. The summed E-state index contributed by atoms with van der Waals surface area (Å²) >= 11 is 0. The molecule has 0 unspecified atom stereocenters. The van der Waals surface area contributed by atoms with Crippen molar-refractivity contribution in [3.05, 3.63) is 62.3 Å². The predicted octanol–water partition coefficient (Wildman–Crippen LogP) is 0.454. The van der Waals surface area contributed by atoms with Crippen LogP contribution >= 0.6 is 0 Å². The van der Waals surface area contributed by atoms with Crippen LogP contribution in [0, 0.1) is 0 Å². The minimum absolute atomic E-state index is 0.273. The maximum absolute atomic E-state index is 13.7. The highest BCUT2D eigenvalue weighted by Crippen LogP contribution is 2.50. The van der Waals surface area contributed by atoms with Crippen LogP contribution in [0.15, 0.2) is 48.8 Å². The fourth-order valence-corrected chi connectivity index (χ4v) is 6.06. The van der Waals surface area contributed by atoms with E-state index in [1.165, 1.54) is 0 Å². The first-order valence-corrected chi connectivity index (χ1v) is 15.6. The summed E-state index contributed by atoms with van der Waals surface area (Å²) in [5.41, 5.74) is -5.57. The minimum atomic E-state index is -2.31. The van der Waals surface area contributed by atoms with Gasteiger partial charge >= 0.3 is 23.2 Å². The zero-order valence-electron chi connectivity index (χ0n) is 27.4. The van der Waals surface area contributed by atoms with Crippen LogP contribution in [0.1, 0.15) is 20.7 Å². The zero-order chi connectivity index (χ0) is 40.7. The molecule has 0 radical (unpaired) electrons. The molecule has 0 aliphatic carbocycles. The van der Waals surface area contributed by atoms with Crippen LogP contribution < -0.4 is 16.0 Å². The molecule has 1 fully saturated rings. The van der Waals surface area contributed by atoms with Crippen LogP contribution in [0.2, 0.25) is 0 Å². The minimum Gasteiger partial charge on any atom is -0.504 e. The van der Waals surface area contributed by atoms with Crippen LogP contribution in [0.5, 0.6) is 63.2 Å². The van der Waals surface area contributed by atoms with Crippen molar-refractivity contribution in [2.45, 2.75) is 30.7 Å². The molecule has 56 heavy (non-hydrogen) atoms. The molecule has 2 aromatic heterocycles. The molecule has 6 aromatic rings. The van der Waals surface area contributed by atoms with Crippen molar-refractivity contribution in [3.8, 4) is 63.2 Å². The lowest BCUT2D eigenvalue weighted by Gasteiger charge is -2.41. The van der Waals surface area contributed by atoms with Gasteiger partial charge in [-0.3, -0.25) is 0 Å². The summed E-state index contributed by atoms with van der Waals surface area (Å²) in [4.78, 5) is 52.7. The third-order valence-electron chi connectivity index (χ3n) is 8.78. The van der Waals surface area contributed by atoms with Gasteiger partial charge < -0.3 is 89.1 Å². The number of aliphatic hydroxyl groups excluding tert-OH is 3. The van der Waals surface area contributed by atoms with E-state index < -0.39 is 151 Å². The summed E-state index contributed by atoms with van der Waals surface area (Å²) in [6, 6.07) is 3.32. The van der Waals surface area contributed by atoms with E-state index in [0.29, 0.717) is 18.2 Å². The van der Waals surface area contributed by atoms with E-state index in [1.807, 2.05) is 0 Å². The van der Waals surface area contributed by atoms with E-state index in [2.05, 4.69) is 0 Å². The van der Waals surface area contributed by atoms with Crippen LogP contribution in [-0.4, -0.2) is 111 Å². The highest BCUT2D eigenvalue weighted by Gasteiger charge is 2.50. The van der Waals surface area contributed by atoms with Crippen molar-refractivity contribution in [1.82, 2.24) is 0 Å². The van der Waals surface area contributed by atoms with E-state index >= 15 is 0 Å². The normalized spacial score (nSPS) is 19.7. The Hall–Kier alpha value is -7.40. The first-order chi connectivity index (χ1) is 26.4. The number of hydrogen-bond donors (Lipinski definition) is 12. The molecule has 1 saturated heterocycles. The zero-order valence-corrected chi connectivity index (χ0v) is 27.4. The number of carbonyl (C=O) groups excluding carboxylic acids is 2. The number of aromatic hydroxyl groups is 9. The van der Waals surface area contributed by atoms with Crippen LogP contribution in [-0.2, 0) is 14.2 Å². The molecule has 1 aliphatic heterocycles. The maximum Gasteiger partial charge on any atom is 0.344 e. The Morgan fingerprint density at radius 3 is 1.77 bits per heavy atom. The Labute approximate surface area is 306 Å².